The zero-order valence-corrected chi connectivity index (χ0v) is 15.0. The predicted molar refractivity (Wildman–Crippen MR) is 90.3 cm³/mol. The molecule has 0 aliphatic carbocycles. The average molecular weight is 389 g/mol. The molecule has 7 nitrogen and oxygen atoms in total. The molecule has 2 aromatic rings. The van der Waals surface area contributed by atoms with E-state index in [2.05, 4.69) is 20.4 Å². The lowest BCUT2D eigenvalue weighted by molar-refractivity contribution is -0.0205. The summed E-state index contributed by atoms with van der Waals surface area (Å²) in [5.41, 5.74) is 2.45. The molecule has 128 valence electrons. The highest BCUT2D eigenvalue weighted by molar-refractivity contribution is 7.14. The second kappa shape index (κ2) is 7.18. The highest BCUT2D eigenvalue weighted by Crippen LogP contribution is 2.40. The summed E-state index contributed by atoms with van der Waals surface area (Å²) >= 11 is 13.4. The van der Waals surface area contributed by atoms with Crippen LogP contribution in [0.1, 0.15) is 39.8 Å². The van der Waals surface area contributed by atoms with Gasteiger partial charge in [-0.3, -0.25) is 0 Å². The van der Waals surface area contributed by atoms with Gasteiger partial charge in [-0.25, -0.2) is 19.7 Å². The van der Waals surface area contributed by atoms with Gasteiger partial charge in [0.1, 0.15) is 20.9 Å². The van der Waals surface area contributed by atoms with Crippen LogP contribution in [0, 0.1) is 6.92 Å². The van der Waals surface area contributed by atoms with Crippen molar-refractivity contribution in [2.45, 2.75) is 31.2 Å². The van der Waals surface area contributed by atoms with Gasteiger partial charge in [0, 0.05) is 12.7 Å². The largest absolute Gasteiger partial charge is 0.374 e. The van der Waals surface area contributed by atoms with Crippen LogP contribution < -0.4 is 5.48 Å². The Hall–Kier alpha value is -1.48. The molecule has 0 aromatic carbocycles. The number of carbonyl (C=O) groups is 1. The van der Waals surface area contributed by atoms with Crippen molar-refractivity contribution in [2.75, 3.05) is 12.1 Å². The van der Waals surface area contributed by atoms with E-state index in [0.29, 0.717) is 28.7 Å². The first-order valence-corrected chi connectivity index (χ1v) is 8.81. The molecular weight excluding hydrogens is 375 g/mol. The van der Waals surface area contributed by atoms with Gasteiger partial charge in [-0.05, 0) is 26.2 Å². The van der Waals surface area contributed by atoms with Gasteiger partial charge in [0.2, 0.25) is 0 Å². The molecule has 1 aliphatic heterocycles. The molecule has 2 aromatic heterocycles. The van der Waals surface area contributed by atoms with E-state index >= 15 is 0 Å². The molecule has 1 saturated heterocycles. The molecule has 0 spiro atoms. The predicted octanol–water partition coefficient (Wildman–Crippen LogP) is 3.67. The lowest BCUT2D eigenvalue weighted by Crippen LogP contribution is -2.27. The molecule has 0 saturated carbocycles. The van der Waals surface area contributed by atoms with Crippen molar-refractivity contribution in [3.63, 3.8) is 0 Å². The normalized spacial score (nSPS) is 20.6. The molecule has 10 heteroatoms. The van der Waals surface area contributed by atoms with Gasteiger partial charge in [0.25, 0.3) is 0 Å². The third-order valence-corrected chi connectivity index (χ3v) is 5.21. The second-order valence-corrected chi connectivity index (χ2v) is 7.21. The van der Waals surface area contributed by atoms with Gasteiger partial charge in [-0.15, -0.1) is 11.3 Å². The van der Waals surface area contributed by atoms with E-state index in [4.69, 9.17) is 32.8 Å². The maximum atomic E-state index is 12.1. The van der Waals surface area contributed by atoms with Crippen molar-refractivity contribution in [2.24, 2.45) is 0 Å². The number of carbonyl (C=O) groups excluding carboxylic acids is 1. The Morgan fingerprint density at radius 2 is 2.29 bits per heavy atom. The number of hydrogen-bond donors (Lipinski definition) is 1. The quantitative estimate of drug-likeness (QED) is 0.485. The van der Waals surface area contributed by atoms with Gasteiger partial charge >= 0.3 is 5.97 Å². The highest BCUT2D eigenvalue weighted by Gasteiger charge is 2.36. The standard InChI is InChI=1S/C14H14Cl2N4O3S/c1-8-18-10(15)6-11(19-8)20-23-12(21)9-7-17-13(24-9)14(16)4-2-3-5-22-14/h6-7H,2-5H2,1H3,(H,18,19,20). The summed E-state index contributed by atoms with van der Waals surface area (Å²) in [6.45, 7) is 2.26. The summed E-state index contributed by atoms with van der Waals surface area (Å²) in [7, 11) is 0. The Bertz CT molecular complexity index is 729. The van der Waals surface area contributed by atoms with Crippen LogP contribution in [-0.4, -0.2) is 27.5 Å². The highest BCUT2D eigenvalue weighted by atomic mass is 35.5. The Kier molecular flexibility index (Phi) is 5.19. The molecule has 1 unspecified atom stereocenters. The molecule has 1 fully saturated rings. The Balaban J connectivity index is 1.65. The summed E-state index contributed by atoms with van der Waals surface area (Å²) in [6, 6.07) is 1.45. The fourth-order valence-electron chi connectivity index (χ4n) is 2.20. The zero-order valence-electron chi connectivity index (χ0n) is 12.7. The average Bonchev–Trinajstić information content (AvgIpc) is 3.03. The van der Waals surface area contributed by atoms with Crippen LogP contribution in [0.5, 0.6) is 0 Å². The zero-order chi connectivity index (χ0) is 17.2. The lowest BCUT2D eigenvalue weighted by atomic mass is 10.1. The third-order valence-electron chi connectivity index (χ3n) is 3.30. The van der Waals surface area contributed by atoms with Crippen molar-refractivity contribution in [1.29, 1.82) is 0 Å². The monoisotopic (exact) mass is 388 g/mol. The number of alkyl halides is 1. The Morgan fingerprint density at radius 1 is 1.46 bits per heavy atom. The molecule has 0 bridgehead atoms. The Labute approximate surface area is 152 Å². The summed E-state index contributed by atoms with van der Waals surface area (Å²) in [5, 5.41) is -0.150. The number of hydrogen-bond acceptors (Lipinski definition) is 8. The van der Waals surface area contributed by atoms with E-state index in [-0.39, 0.29) is 11.0 Å². The van der Waals surface area contributed by atoms with Crippen molar-refractivity contribution in [3.05, 3.63) is 33.1 Å². The SMILES string of the molecule is Cc1nc(Cl)cc(NOC(=O)c2cnc(C3(Cl)CCCCO3)s2)n1. The van der Waals surface area contributed by atoms with Crippen LogP contribution >= 0.6 is 34.5 Å². The summed E-state index contributed by atoms with van der Waals surface area (Å²) in [6.07, 6.45) is 4.01. The summed E-state index contributed by atoms with van der Waals surface area (Å²) in [4.78, 5) is 29.6. The minimum Gasteiger partial charge on any atom is -0.353 e. The number of halogens is 2. The molecule has 1 aliphatic rings. The maximum Gasteiger partial charge on any atom is 0.374 e. The first-order chi connectivity index (χ1) is 11.5. The molecule has 3 rings (SSSR count). The van der Waals surface area contributed by atoms with Crippen LogP contribution in [0.2, 0.25) is 5.15 Å². The number of ether oxygens (including phenoxy) is 1. The molecule has 24 heavy (non-hydrogen) atoms. The fourth-order valence-corrected chi connectivity index (χ4v) is 3.66. The van der Waals surface area contributed by atoms with Gasteiger partial charge < -0.3 is 9.57 Å². The van der Waals surface area contributed by atoms with Crippen LogP contribution in [0.4, 0.5) is 5.82 Å². The maximum absolute atomic E-state index is 12.1. The van der Waals surface area contributed by atoms with Gasteiger partial charge in [-0.2, -0.15) is 5.48 Å². The topological polar surface area (TPSA) is 86.2 Å². The van der Waals surface area contributed by atoms with Crippen LogP contribution in [0.3, 0.4) is 0 Å². The van der Waals surface area contributed by atoms with Gasteiger partial charge in [0.05, 0.1) is 6.20 Å². The van der Waals surface area contributed by atoms with Crippen molar-refractivity contribution in [3.8, 4) is 0 Å². The van der Waals surface area contributed by atoms with E-state index in [1.54, 1.807) is 6.92 Å². The van der Waals surface area contributed by atoms with Crippen LogP contribution in [0.15, 0.2) is 12.3 Å². The number of nitrogens with zero attached hydrogens (tertiary/aromatic N) is 3. The summed E-state index contributed by atoms with van der Waals surface area (Å²) < 4.78 is 5.61. The van der Waals surface area contributed by atoms with E-state index in [9.17, 15) is 4.79 Å². The van der Waals surface area contributed by atoms with E-state index in [1.807, 2.05) is 0 Å². The molecule has 0 radical (unpaired) electrons. The number of rotatable bonds is 4. The van der Waals surface area contributed by atoms with Crippen molar-refractivity contribution in [1.82, 2.24) is 15.0 Å². The molecular formula is C14H14Cl2N4O3S. The first-order valence-electron chi connectivity index (χ1n) is 7.24. The van der Waals surface area contributed by atoms with Gasteiger partial charge in [-0.1, -0.05) is 23.2 Å². The number of aromatic nitrogens is 3. The number of aryl methyl sites for hydroxylation is 1. The number of anilines is 1. The molecule has 1 N–H and O–H groups in total. The molecule has 0 amide bonds. The van der Waals surface area contributed by atoms with Gasteiger partial charge in [0.15, 0.2) is 10.9 Å². The fraction of sp³-hybridized carbons (Fsp3) is 0.429. The second-order valence-electron chi connectivity index (χ2n) is 5.18. The van der Waals surface area contributed by atoms with Crippen molar-refractivity contribution >= 4 is 46.3 Å². The Morgan fingerprint density at radius 3 is 3.00 bits per heavy atom. The number of nitrogens with one attached hydrogen (secondary N) is 1. The minimum atomic E-state index is -0.952. The van der Waals surface area contributed by atoms with E-state index < -0.39 is 11.0 Å². The third kappa shape index (κ3) is 3.94. The molecule has 3 heterocycles. The molecule has 1 atom stereocenters. The van der Waals surface area contributed by atoms with Crippen LogP contribution in [-0.2, 0) is 14.6 Å². The van der Waals surface area contributed by atoms with E-state index in [0.717, 1.165) is 24.2 Å². The van der Waals surface area contributed by atoms with Crippen molar-refractivity contribution < 1.29 is 14.4 Å². The first kappa shape index (κ1) is 17.3. The van der Waals surface area contributed by atoms with Crippen LogP contribution in [0.25, 0.3) is 0 Å². The summed E-state index contributed by atoms with van der Waals surface area (Å²) in [5.74, 6) is 0.150. The lowest BCUT2D eigenvalue weighted by Gasteiger charge is -2.29. The smallest absolute Gasteiger partial charge is 0.353 e. The minimum absolute atomic E-state index is 0.250. The van der Waals surface area contributed by atoms with E-state index in [1.165, 1.54) is 12.3 Å². The number of thiazole rings is 1.